The number of hydrogen-bond acceptors (Lipinski definition) is 1. The van der Waals surface area contributed by atoms with Crippen molar-refractivity contribution < 1.29 is 4.79 Å². The fourth-order valence-corrected chi connectivity index (χ4v) is 2.15. The molecule has 2 rings (SSSR count). The number of aryl methyl sites for hydroxylation is 2. The molecule has 2 nitrogen and oxygen atoms in total. The number of rotatable bonds is 2. The van der Waals surface area contributed by atoms with Gasteiger partial charge in [-0.25, -0.2) is 0 Å². The highest BCUT2D eigenvalue weighted by atomic mass is 16.1. The van der Waals surface area contributed by atoms with E-state index in [0.29, 0.717) is 6.42 Å². The monoisotopic (exact) mass is 201 g/mol. The molecule has 2 heteroatoms. The predicted octanol–water partition coefficient (Wildman–Crippen LogP) is 3.08. The van der Waals surface area contributed by atoms with Crippen molar-refractivity contribution in [3.63, 3.8) is 0 Å². The van der Waals surface area contributed by atoms with Crippen LogP contribution in [0.5, 0.6) is 0 Å². The van der Waals surface area contributed by atoms with Crippen LogP contribution in [-0.4, -0.2) is 10.4 Å². The van der Waals surface area contributed by atoms with Crippen molar-refractivity contribution in [1.82, 2.24) is 4.57 Å². The van der Waals surface area contributed by atoms with Crippen molar-refractivity contribution in [2.24, 2.45) is 7.05 Å². The molecule has 0 saturated heterocycles. The molecular formula is C13H15NO. The Morgan fingerprint density at radius 1 is 1.33 bits per heavy atom. The molecule has 0 aliphatic heterocycles. The quantitative estimate of drug-likeness (QED) is 0.684. The third-order valence-corrected chi connectivity index (χ3v) is 2.95. The first kappa shape index (κ1) is 9.97. The zero-order valence-electron chi connectivity index (χ0n) is 9.37. The summed E-state index contributed by atoms with van der Waals surface area (Å²) in [5, 5.41) is 1.18. The van der Waals surface area contributed by atoms with Gasteiger partial charge in [0.05, 0.1) is 5.69 Å². The molecule has 0 fully saturated rings. The second-order valence-corrected chi connectivity index (χ2v) is 3.83. The molecule has 0 radical (unpaired) electrons. The van der Waals surface area contributed by atoms with Crippen LogP contribution in [0.4, 0.5) is 0 Å². The minimum Gasteiger partial charge on any atom is -0.341 e. The highest BCUT2D eigenvalue weighted by Gasteiger charge is 2.15. The molecule has 0 amide bonds. The number of carbonyl (C=O) groups excluding carboxylic acids is 1. The molecule has 15 heavy (non-hydrogen) atoms. The van der Waals surface area contributed by atoms with Gasteiger partial charge in [-0.1, -0.05) is 25.1 Å². The van der Waals surface area contributed by atoms with Crippen molar-refractivity contribution in [1.29, 1.82) is 0 Å². The number of hydrogen-bond donors (Lipinski definition) is 0. The van der Waals surface area contributed by atoms with E-state index in [1.54, 1.807) is 0 Å². The van der Waals surface area contributed by atoms with Crippen molar-refractivity contribution in [3.05, 3.63) is 35.5 Å². The number of carbonyl (C=O) groups is 1. The van der Waals surface area contributed by atoms with Gasteiger partial charge in [0.2, 0.25) is 0 Å². The fraction of sp³-hybridized carbons (Fsp3) is 0.308. The van der Waals surface area contributed by atoms with Gasteiger partial charge in [0.1, 0.15) is 0 Å². The summed E-state index contributed by atoms with van der Waals surface area (Å²) >= 11 is 0. The molecule has 0 N–H and O–H groups in total. The normalized spacial score (nSPS) is 10.9. The molecule has 0 unspecified atom stereocenters. The van der Waals surface area contributed by atoms with Crippen molar-refractivity contribution >= 4 is 16.7 Å². The molecule has 1 aromatic heterocycles. The Balaban J connectivity index is 2.81. The first-order valence-electron chi connectivity index (χ1n) is 5.24. The molecule has 1 heterocycles. The highest BCUT2D eigenvalue weighted by molar-refractivity contribution is 6.02. The molecule has 0 aliphatic carbocycles. The maximum atomic E-state index is 11.8. The Bertz CT molecular complexity index is 484. The number of para-hydroxylation sites is 1. The van der Waals surface area contributed by atoms with E-state index in [4.69, 9.17) is 0 Å². The van der Waals surface area contributed by atoms with Crippen molar-refractivity contribution in [2.75, 3.05) is 0 Å². The van der Waals surface area contributed by atoms with Crippen molar-refractivity contribution in [3.8, 4) is 0 Å². The zero-order valence-corrected chi connectivity index (χ0v) is 9.37. The minimum absolute atomic E-state index is 0.214. The lowest BCUT2D eigenvalue weighted by Gasteiger charge is -2.02. The zero-order chi connectivity index (χ0) is 11.0. The fourth-order valence-electron chi connectivity index (χ4n) is 2.15. The topological polar surface area (TPSA) is 22.0 Å². The second kappa shape index (κ2) is 3.54. The third kappa shape index (κ3) is 1.37. The standard InChI is InChI=1S/C13H15NO/c1-4-12(15)13-9(2)10-7-5-6-8-11(10)14(13)3/h5-8H,4H2,1-3H3. The van der Waals surface area contributed by atoms with E-state index < -0.39 is 0 Å². The van der Waals surface area contributed by atoms with Crippen LogP contribution in [0.2, 0.25) is 0 Å². The van der Waals surface area contributed by atoms with Crippen LogP contribution in [0, 0.1) is 6.92 Å². The van der Waals surface area contributed by atoms with Crippen LogP contribution >= 0.6 is 0 Å². The maximum absolute atomic E-state index is 11.8. The number of nitrogens with zero attached hydrogens (tertiary/aromatic N) is 1. The Morgan fingerprint density at radius 2 is 2.00 bits per heavy atom. The summed E-state index contributed by atoms with van der Waals surface area (Å²) in [4.78, 5) is 11.8. The predicted molar refractivity (Wildman–Crippen MR) is 62.3 cm³/mol. The average molecular weight is 201 g/mol. The van der Waals surface area contributed by atoms with Gasteiger partial charge in [-0.2, -0.15) is 0 Å². The largest absolute Gasteiger partial charge is 0.341 e. The van der Waals surface area contributed by atoms with E-state index in [-0.39, 0.29) is 5.78 Å². The van der Waals surface area contributed by atoms with E-state index in [9.17, 15) is 4.79 Å². The summed E-state index contributed by atoms with van der Waals surface area (Å²) in [6, 6.07) is 8.13. The summed E-state index contributed by atoms with van der Waals surface area (Å²) in [6.07, 6.45) is 0.561. The first-order chi connectivity index (χ1) is 7.16. The summed E-state index contributed by atoms with van der Waals surface area (Å²) in [6.45, 7) is 3.92. The Morgan fingerprint density at radius 3 is 2.60 bits per heavy atom. The van der Waals surface area contributed by atoms with Gasteiger partial charge in [-0.3, -0.25) is 4.79 Å². The van der Waals surface area contributed by atoms with Crippen LogP contribution in [0.3, 0.4) is 0 Å². The lowest BCUT2D eigenvalue weighted by Crippen LogP contribution is -2.05. The summed E-state index contributed by atoms with van der Waals surface area (Å²) in [5.74, 6) is 0.214. The lowest BCUT2D eigenvalue weighted by atomic mass is 10.1. The van der Waals surface area contributed by atoms with Gasteiger partial charge in [-0.05, 0) is 18.6 Å². The highest BCUT2D eigenvalue weighted by Crippen LogP contribution is 2.25. The number of fused-ring (bicyclic) bond motifs is 1. The van der Waals surface area contributed by atoms with Gasteiger partial charge < -0.3 is 4.57 Å². The number of aromatic nitrogens is 1. The molecule has 0 atom stereocenters. The number of ketones is 1. The number of Topliss-reactive ketones (excluding diaryl/α,β-unsaturated/α-hetero) is 1. The molecule has 1 aromatic carbocycles. The Hall–Kier alpha value is -1.57. The van der Waals surface area contributed by atoms with Gasteiger partial charge >= 0.3 is 0 Å². The number of benzene rings is 1. The SMILES string of the molecule is CCC(=O)c1c(C)c2ccccc2n1C. The molecule has 2 aromatic rings. The van der Waals surface area contributed by atoms with E-state index in [1.807, 2.05) is 37.6 Å². The third-order valence-electron chi connectivity index (χ3n) is 2.95. The molecular weight excluding hydrogens is 186 g/mol. The first-order valence-corrected chi connectivity index (χ1v) is 5.24. The Labute approximate surface area is 89.5 Å². The van der Waals surface area contributed by atoms with Crippen LogP contribution in [-0.2, 0) is 7.05 Å². The average Bonchev–Trinajstić information content (AvgIpc) is 2.52. The minimum atomic E-state index is 0.214. The molecule has 0 bridgehead atoms. The smallest absolute Gasteiger partial charge is 0.179 e. The summed E-state index contributed by atoms with van der Waals surface area (Å²) in [5.41, 5.74) is 3.07. The van der Waals surface area contributed by atoms with E-state index >= 15 is 0 Å². The second-order valence-electron chi connectivity index (χ2n) is 3.83. The van der Waals surface area contributed by atoms with E-state index in [0.717, 1.165) is 16.8 Å². The summed E-state index contributed by atoms with van der Waals surface area (Å²) < 4.78 is 2.00. The molecule has 78 valence electrons. The van der Waals surface area contributed by atoms with Gasteiger partial charge in [-0.15, -0.1) is 0 Å². The van der Waals surface area contributed by atoms with Crippen LogP contribution in [0.15, 0.2) is 24.3 Å². The molecule has 0 spiro atoms. The molecule has 0 saturated carbocycles. The van der Waals surface area contributed by atoms with Gasteiger partial charge in [0, 0.05) is 24.4 Å². The Kier molecular flexibility index (Phi) is 2.35. The van der Waals surface area contributed by atoms with Crippen LogP contribution < -0.4 is 0 Å². The van der Waals surface area contributed by atoms with Crippen molar-refractivity contribution in [2.45, 2.75) is 20.3 Å². The summed E-state index contributed by atoms with van der Waals surface area (Å²) in [7, 11) is 1.96. The van der Waals surface area contributed by atoms with Gasteiger partial charge in [0.15, 0.2) is 5.78 Å². The van der Waals surface area contributed by atoms with E-state index in [1.165, 1.54) is 5.39 Å². The lowest BCUT2D eigenvalue weighted by molar-refractivity contribution is 0.0980. The van der Waals surface area contributed by atoms with Crippen LogP contribution in [0.25, 0.3) is 10.9 Å². The molecule has 0 aliphatic rings. The maximum Gasteiger partial charge on any atom is 0.179 e. The van der Waals surface area contributed by atoms with E-state index in [2.05, 4.69) is 12.1 Å². The van der Waals surface area contributed by atoms with Crippen LogP contribution in [0.1, 0.15) is 29.4 Å². The van der Waals surface area contributed by atoms with Gasteiger partial charge in [0.25, 0.3) is 0 Å².